The number of aliphatic hydroxyl groups excluding tert-OH is 1. The molecule has 1 aromatic heterocycles. The number of benzene rings is 1. The minimum absolute atomic E-state index is 0.294. The molecule has 1 N–H and O–H groups in total. The molecule has 0 aliphatic heterocycles. The van der Waals surface area contributed by atoms with E-state index in [9.17, 15) is 5.11 Å². The molecule has 6 nitrogen and oxygen atoms in total. The Kier molecular flexibility index (Phi) is 5.69. The summed E-state index contributed by atoms with van der Waals surface area (Å²) in [6.07, 6.45) is -0.546. The van der Waals surface area contributed by atoms with Gasteiger partial charge in [0.15, 0.2) is 0 Å². The molecule has 1 aromatic carbocycles. The Hall–Kier alpha value is -1.47. The second kappa shape index (κ2) is 7.51. The van der Waals surface area contributed by atoms with E-state index in [1.54, 1.807) is 19.2 Å². The van der Waals surface area contributed by atoms with Gasteiger partial charge in [-0.25, -0.2) is 0 Å². The van der Waals surface area contributed by atoms with Crippen molar-refractivity contribution in [1.29, 1.82) is 0 Å². The molecule has 0 bridgehead atoms. The number of likely N-dealkylation sites (N-methyl/N-ethyl adjacent to an activating group) is 1. The molecule has 1 heterocycles. The van der Waals surface area contributed by atoms with Crippen molar-refractivity contribution in [3.05, 3.63) is 35.2 Å². The lowest BCUT2D eigenvalue weighted by Gasteiger charge is -2.18. The number of rotatable bonds is 7. The molecule has 114 valence electrons. The van der Waals surface area contributed by atoms with Crippen LogP contribution < -0.4 is 0 Å². The fourth-order valence-electron chi connectivity index (χ4n) is 1.96. The summed E-state index contributed by atoms with van der Waals surface area (Å²) in [6, 6.07) is 7.24. The van der Waals surface area contributed by atoms with Crippen molar-refractivity contribution in [3.63, 3.8) is 0 Å². The minimum Gasteiger partial charge on any atom is -0.419 e. The Balaban J connectivity index is 1.97. The summed E-state index contributed by atoms with van der Waals surface area (Å²) in [7, 11) is 3.42. The van der Waals surface area contributed by atoms with E-state index in [1.165, 1.54) is 0 Å². The maximum absolute atomic E-state index is 9.66. The third kappa shape index (κ3) is 4.78. The average Bonchev–Trinajstić information content (AvgIpc) is 2.87. The molecule has 0 aliphatic carbocycles. The highest BCUT2D eigenvalue weighted by Crippen LogP contribution is 2.21. The van der Waals surface area contributed by atoms with Gasteiger partial charge >= 0.3 is 0 Å². The Morgan fingerprint density at radius 3 is 2.95 bits per heavy atom. The van der Waals surface area contributed by atoms with Crippen LogP contribution in [0.3, 0.4) is 0 Å². The van der Waals surface area contributed by atoms with Gasteiger partial charge in [-0.05, 0) is 25.2 Å². The highest BCUT2D eigenvalue weighted by Gasteiger charge is 2.13. The molecule has 0 aliphatic rings. The number of methoxy groups -OCH3 is 1. The van der Waals surface area contributed by atoms with Crippen LogP contribution in [0.5, 0.6) is 0 Å². The van der Waals surface area contributed by atoms with Gasteiger partial charge in [-0.15, -0.1) is 10.2 Å². The fourth-order valence-corrected chi connectivity index (χ4v) is 2.15. The molecule has 7 heteroatoms. The van der Waals surface area contributed by atoms with Crippen LogP contribution in [0.2, 0.25) is 5.02 Å². The zero-order chi connectivity index (χ0) is 15.2. The molecule has 0 amide bonds. The summed E-state index contributed by atoms with van der Waals surface area (Å²) in [4.78, 5) is 1.89. The Bertz CT molecular complexity index is 576. The van der Waals surface area contributed by atoms with Crippen LogP contribution in [0.1, 0.15) is 5.89 Å². The van der Waals surface area contributed by atoms with E-state index in [2.05, 4.69) is 10.2 Å². The lowest BCUT2D eigenvalue weighted by atomic mass is 10.2. The van der Waals surface area contributed by atoms with E-state index < -0.39 is 6.10 Å². The second-order valence-electron chi connectivity index (χ2n) is 4.82. The number of nitrogens with zero attached hydrogens (tertiary/aromatic N) is 3. The molecule has 0 fully saturated rings. The number of hydrogen-bond acceptors (Lipinski definition) is 6. The minimum atomic E-state index is -0.546. The molecule has 2 rings (SSSR count). The zero-order valence-electron chi connectivity index (χ0n) is 12.0. The first-order chi connectivity index (χ1) is 10.1. The van der Waals surface area contributed by atoms with Gasteiger partial charge in [0.05, 0.1) is 19.3 Å². The van der Waals surface area contributed by atoms with Gasteiger partial charge in [-0.3, -0.25) is 4.90 Å². The van der Waals surface area contributed by atoms with Crippen LogP contribution in [0.15, 0.2) is 28.7 Å². The summed E-state index contributed by atoms with van der Waals surface area (Å²) in [5.41, 5.74) is 0.781. The summed E-state index contributed by atoms with van der Waals surface area (Å²) < 4.78 is 10.5. The van der Waals surface area contributed by atoms with Gasteiger partial charge in [-0.1, -0.05) is 17.7 Å². The molecule has 21 heavy (non-hydrogen) atoms. The number of ether oxygens (including phenoxy) is 1. The number of aromatic nitrogens is 2. The normalized spacial score (nSPS) is 12.8. The van der Waals surface area contributed by atoms with Gasteiger partial charge in [0.2, 0.25) is 11.8 Å². The van der Waals surface area contributed by atoms with E-state index >= 15 is 0 Å². The summed E-state index contributed by atoms with van der Waals surface area (Å²) in [6.45, 7) is 1.21. The highest BCUT2D eigenvalue weighted by molar-refractivity contribution is 6.30. The van der Waals surface area contributed by atoms with Gasteiger partial charge in [-0.2, -0.15) is 0 Å². The van der Waals surface area contributed by atoms with Crippen LogP contribution in [0.25, 0.3) is 11.5 Å². The van der Waals surface area contributed by atoms with E-state index in [0.29, 0.717) is 36.5 Å². The van der Waals surface area contributed by atoms with Crippen molar-refractivity contribution in [2.24, 2.45) is 0 Å². The molecular weight excluding hydrogens is 294 g/mol. The summed E-state index contributed by atoms with van der Waals surface area (Å²) in [5, 5.41) is 18.3. The molecule has 0 radical (unpaired) electrons. The van der Waals surface area contributed by atoms with Crippen LogP contribution in [0.4, 0.5) is 0 Å². The van der Waals surface area contributed by atoms with Gasteiger partial charge < -0.3 is 14.3 Å². The van der Waals surface area contributed by atoms with Crippen LogP contribution in [-0.4, -0.2) is 53.6 Å². The molecule has 2 aromatic rings. The van der Waals surface area contributed by atoms with Crippen LogP contribution in [-0.2, 0) is 11.3 Å². The standard InChI is InChI=1S/C14H18ClN3O3/c1-18(7-12(19)9-20-2)8-13-16-17-14(21-13)10-4-3-5-11(15)6-10/h3-6,12,19H,7-9H2,1-2H3/t12-/m0/s1. The SMILES string of the molecule is COC[C@@H](O)CN(C)Cc1nnc(-c2cccc(Cl)c2)o1. The number of halogens is 1. The van der Waals surface area contributed by atoms with Gasteiger partial charge in [0.25, 0.3) is 0 Å². The van der Waals surface area contributed by atoms with Crippen LogP contribution >= 0.6 is 11.6 Å². The summed E-state index contributed by atoms with van der Waals surface area (Å²) in [5.74, 6) is 0.912. The maximum atomic E-state index is 9.66. The van der Waals surface area contributed by atoms with Crippen molar-refractivity contribution >= 4 is 11.6 Å². The maximum Gasteiger partial charge on any atom is 0.247 e. The average molecular weight is 312 g/mol. The molecule has 0 saturated carbocycles. The first-order valence-electron chi connectivity index (χ1n) is 6.52. The van der Waals surface area contributed by atoms with Crippen LogP contribution in [0, 0.1) is 0 Å². The van der Waals surface area contributed by atoms with Crippen molar-refractivity contribution in [2.45, 2.75) is 12.6 Å². The summed E-state index contributed by atoms with van der Waals surface area (Å²) >= 11 is 5.94. The molecular formula is C14H18ClN3O3. The lowest BCUT2D eigenvalue weighted by molar-refractivity contribution is 0.0404. The molecule has 0 saturated heterocycles. The number of hydrogen-bond donors (Lipinski definition) is 1. The van der Waals surface area contributed by atoms with Gasteiger partial charge in [0, 0.05) is 24.2 Å². The quantitative estimate of drug-likeness (QED) is 0.841. The number of aliphatic hydroxyl groups is 1. The van der Waals surface area contributed by atoms with Crippen molar-refractivity contribution < 1.29 is 14.3 Å². The molecule has 0 spiro atoms. The topological polar surface area (TPSA) is 71.6 Å². The predicted molar refractivity (Wildman–Crippen MR) is 79.0 cm³/mol. The highest BCUT2D eigenvalue weighted by atomic mass is 35.5. The molecule has 1 atom stereocenters. The Morgan fingerprint density at radius 1 is 1.43 bits per heavy atom. The fraction of sp³-hybridized carbons (Fsp3) is 0.429. The van der Waals surface area contributed by atoms with Crippen molar-refractivity contribution in [3.8, 4) is 11.5 Å². The predicted octanol–water partition coefficient (Wildman–Crippen LogP) is 1.83. The monoisotopic (exact) mass is 311 g/mol. The third-order valence-electron chi connectivity index (χ3n) is 2.83. The Labute approximate surface area is 128 Å². The zero-order valence-corrected chi connectivity index (χ0v) is 12.7. The molecule has 0 unspecified atom stereocenters. The van der Waals surface area contributed by atoms with Crippen molar-refractivity contribution in [2.75, 3.05) is 27.3 Å². The van der Waals surface area contributed by atoms with E-state index in [0.717, 1.165) is 5.56 Å². The largest absolute Gasteiger partial charge is 0.419 e. The van der Waals surface area contributed by atoms with Gasteiger partial charge in [0.1, 0.15) is 0 Å². The third-order valence-corrected chi connectivity index (χ3v) is 3.06. The second-order valence-corrected chi connectivity index (χ2v) is 5.25. The smallest absolute Gasteiger partial charge is 0.247 e. The first kappa shape index (κ1) is 15.9. The first-order valence-corrected chi connectivity index (χ1v) is 6.90. The lowest BCUT2D eigenvalue weighted by Crippen LogP contribution is -2.31. The van der Waals surface area contributed by atoms with E-state index in [4.69, 9.17) is 20.8 Å². The van der Waals surface area contributed by atoms with Crippen molar-refractivity contribution in [1.82, 2.24) is 15.1 Å². The van der Waals surface area contributed by atoms with E-state index in [1.807, 2.05) is 24.1 Å². The van der Waals surface area contributed by atoms with E-state index in [-0.39, 0.29) is 0 Å². The Morgan fingerprint density at radius 2 is 2.24 bits per heavy atom.